The third-order valence-corrected chi connectivity index (χ3v) is 2.68. The maximum atomic E-state index is 9.08. The molecule has 0 N–H and O–H groups in total. The minimum Gasteiger partial charge on any atom is -0.748 e. The normalized spacial score (nSPS) is 11.9. The molecule has 118 valence electrons. The van der Waals surface area contributed by atoms with Gasteiger partial charge in [0.05, 0.1) is 37.8 Å². The molecule has 0 rings (SSSR count). The Balaban J connectivity index is 0. The van der Waals surface area contributed by atoms with Crippen LogP contribution in [0.25, 0.3) is 0 Å². The van der Waals surface area contributed by atoms with E-state index in [9.17, 15) is 0 Å². The van der Waals surface area contributed by atoms with Crippen LogP contribution in [-0.2, 0) is 10.1 Å². The smallest absolute Gasteiger partial charge is 0.0916 e. The highest BCUT2D eigenvalue weighted by molar-refractivity contribution is 7.84. The summed E-state index contributed by atoms with van der Waals surface area (Å²) in [6.07, 6.45) is 12.0. The first kappa shape index (κ1) is 21.2. The largest absolute Gasteiger partial charge is 0.748 e. The van der Waals surface area contributed by atoms with Crippen LogP contribution < -0.4 is 0 Å². The van der Waals surface area contributed by atoms with Crippen LogP contribution in [0.1, 0.15) is 58.3 Å². The van der Waals surface area contributed by atoms with Gasteiger partial charge in [0.2, 0.25) is 0 Å². The van der Waals surface area contributed by atoms with Gasteiger partial charge in [-0.25, -0.2) is 8.42 Å². The molecule has 0 aliphatic carbocycles. The van der Waals surface area contributed by atoms with E-state index in [1.54, 1.807) is 0 Å². The van der Waals surface area contributed by atoms with Crippen molar-refractivity contribution in [1.82, 2.24) is 0 Å². The fourth-order valence-corrected chi connectivity index (χ4v) is 1.72. The Bertz CT molecular complexity index is 274. The Hall–Kier alpha value is -0.130. The molecule has 4 nitrogen and oxygen atoms in total. The molecule has 0 saturated carbocycles. The number of rotatable bonds is 9. The fraction of sp³-hybridized carbons (Fsp3) is 1.00. The van der Waals surface area contributed by atoms with E-state index in [4.69, 9.17) is 13.0 Å². The molecule has 0 bridgehead atoms. The number of quaternary nitrogens is 1. The molecule has 0 unspecified atom stereocenters. The molecule has 0 aromatic carbocycles. The van der Waals surface area contributed by atoms with Crippen LogP contribution in [0, 0.1) is 0 Å². The maximum Gasteiger partial charge on any atom is 0.0916 e. The van der Waals surface area contributed by atoms with Gasteiger partial charge < -0.3 is 9.04 Å². The second-order valence-corrected chi connectivity index (χ2v) is 7.60. The highest BCUT2D eigenvalue weighted by Crippen LogP contribution is 2.09. The van der Waals surface area contributed by atoms with Crippen molar-refractivity contribution in [1.29, 1.82) is 0 Å². The second kappa shape index (κ2) is 11.7. The second-order valence-electron chi connectivity index (χ2n) is 6.19. The zero-order valence-corrected chi connectivity index (χ0v) is 14.3. The molecule has 0 spiro atoms. The van der Waals surface area contributed by atoms with Crippen LogP contribution in [0.5, 0.6) is 0 Å². The van der Waals surface area contributed by atoms with Gasteiger partial charge in [-0.3, -0.25) is 0 Å². The number of nitrogens with zero attached hydrogens (tertiary/aromatic N) is 1. The Labute approximate surface area is 120 Å². The molecule has 0 fully saturated rings. The van der Waals surface area contributed by atoms with E-state index in [0.717, 1.165) is 4.48 Å². The Morgan fingerprint density at radius 1 is 0.842 bits per heavy atom. The van der Waals surface area contributed by atoms with Gasteiger partial charge in [0, 0.05) is 6.26 Å². The number of unbranched alkanes of at least 4 members (excludes halogenated alkanes) is 7. The summed E-state index contributed by atoms with van der Waals surface area (Å²) in [5, 5.41) is 0. The lowest BCUT2D eigenvalue weighted by molar-refractivity contribution is -0.870. The molecule has 19 heavy (non-hydrogen) atoms. The third kappa shape index (κ3) is 38.1. The third-order valence-electron chi connectivity index (χ3n) is 2.68. The van der Waals surface area contributed by atoms with Crippen LogP contribution in [0.3, 0.4) is 0 Å². The van der Waals surface area contributed by atoms with Crippen molar-refractivity contribution in [2.45, 2.75) is 58.3 Å². The molecule has 0 saturated heterocycles. The van der Waals surface area contributed by atoms with Crippen LogP contribution in [0.2, 0.25) is 0 Å². The predicted octanol–water partition coefficient (Wildman–Crippen LogP) is 2.99. The van der Waals surface area contributed by atoms with E-state index in [0.29, 0.717) is 6.26 Å². The van der Waals surface area contributed by atoms with Crippen molar-refractivity contribution in [3.8, 4) is 0 Å². The minimum atomic E-state index is -3.92. The topological polar surface area (TPSA) is 57.2 Å². The number of hydrogen-bond donors (Lipinski definition) is 0. The van der Waals surface area contributed by atoms with Gasteiger partial charge in [-0.05, 0) is 12.8 Å². The molecule has 0 aromatic heterocycles. The first-order valence-electron chi connectivity index (χ1n) is 7.27. The first-order valence-corrected chi connectivity index (χ1v) is 9.09. The van der Waals surface area contributed by atoms with Crippen molar-refractivity contribution in [2.75, 3.05) is 33.9 Å². The summed E-state index contributed by atoms with van der Waals surface area (Å²) in [7, 11) is 2.92. The van der Waals surface area contributed by atoms with E-state index in [1.807, 2.05) is 0 Å². The molecular weight excluding hydrogens is 262 g/mol. The molecule has 0 aliphatic heterocycles. The van der Waals surface area contributed by atoms with Crippen molar-refractivity contribution < 1.29 is 17.5 Å². The van der Waals surface area contributed by atoms with Gasteiger partial charge in [-0.15, -0.1) is 0 Å². The van der Waals surface area contributed by atoms with Gasteiger partial charge in [-0.2, -0.15) is 0 Å². The Morgan fingerprint density at radius 2 is 1.16 bits per heavy atom. The Morgan fingerprint density at radius 3 is 1.47 bits per heavy atom. The summed E-state index contributed by atoms with van der Waals surface area (Å²) in [4.78, 5) is 0. The van der Waals surface area contributed by atoms with E-state index in [2.05, 4.69) is 28.1 Å². The van der Waals surface area contributed by atoms with Crippen molar-refractivity contribution in [2.24, 2.45) is 0 Å². The van der Waals surface area contributed by atoms with Crippen molar-refractivity contribution in [3.63, 3.8) is 0 Å². The fourth-order valence-electron chi connectivity index (χ4n) is 1.72. The van der Waals surface area contributed by atoms with Crippen LogP contribution in [0.4, 0.5) is 0 Å². The monoisotopic (exact) mass is 295 g/mol. The maximum absolute atomic E-state index is 9.08. The molecular formula is C14H33NO3S. The molecule has 0 amide bonds. The number of hydrogen-bond acceptors (Lipinski definition) is 3. The van der Waals surface area contributed by atoms with E-state index in [-0.39, 0.29) is 0 Å². The Kier molecular flexibility index (Phi) is 13.0. The van der Waals surface area contributed by atoms with E-state index in [1.165, 1.54) is 57.9 Å². The van der Waals surface area contributed by atoms with Gasteiger partial charge in [0.15, 0.2) is 0 Å². The SMILES string of the molecule is CCCCCCCCCC[N+](C)(C)C.CS(=O)(=O)[O-]. The van der Waals surface area contributed by atoms with Gasteiger partial charge in [-0.1, -0.05) is 45.4 Å². The van der Waals surface area contributed by atoms with Crippen molar-refractivity contribution in [3.05, 3.63) is 0 Å². The van der Waals surface area contributed by atoms with Gasteiger partial charge in [0.1, 0.15) is 0 Å². The molecule has 5 heteroatoms. The molecule has 0 heterocycles. The predicted molar refractivity (Wildman–Crippen MR) is 81.1 cm³/mol. The lowest BCUT2D eigenvalue weighted by Crippen LogP contribution is -2.35. The molecule has 0 aromatic rings. The molecule has 0 aliphatic rings. The summed E-state index contributed by atoms with van der Waals surface area (Å²) >= 11 is 0. The lowest BCUT2D eigenvalue weighted by atomic mass is 10.1. The van der Waals surface area contributed by atoms with Crippen LogP contribution in [0.15, 0.2) is 0 Å². The first-order chi connectivity index (χ1) is 8.56. The lowest BCUT2D eigenvalue weighted by Gasteiger charge is -2.23. The average molecular weight is 295 g/mol. The van der Waals surface area contributed by atoms with Crippen LogP contribution >= 0.6 is 0 Å². The van der Waals surface area contributed by atoms with Gasteiger partial charge >= 0.3 is 0 Å². The standard InChI is InChI=1S/C13H30N.CH4O3S/c1-5-6-7-8-9-10-11-12-13-14(2,3)4;1-5(2,3)4/h5-13H2,1-4H3;1H3,(H,2,3,4)/q+1;/p-1. The molecule has 0 radical (unpaired) electrons. The average Bonchev–Trinajstić information content (AvgIpc) is 2.18. The quantitative estimate of drug-likeness (QED) is 0.373. The zero-order valence-electron chi connectivity index (χ0n) is 13.4. The zero-order chi connectivity index (χ0) is 15.4. The molecule has 0 atom stereocenters. The summed E-state index contributed by atoms with van der Waals surface area (Å²) in [5.41, 5.74) is 0. The highest BCUT2D eigenvalue weighted by Gasteiger charge is 2.04. The summed E-state index contributed by atoms with van der Waals surface area (Å²) < 4.78 is 28.4. The summed E-state index contributed by atoms with van der Waals surface area (Å²) in [5.74, 6) is 0. The van der Waals surface area contributed by atoms with E-state index >= 15 is 0 Å². The van der Waals surface area contributed by atoms with Gasteiger partial charge in [0.25, 0.3) is 0 Å². The highest BCUT2D eigenvalue weighted by atomic mass is 32.2. The van der Waals surface area contributed by atoms with Crippen molar-refractivity contribution >= 4 is 10.1 Å². The summed E-state index contributed by atoms with van der Waals surface area (Å²) in [6.45, 7) is 3.61. The summed E-state index contributed by atoms with van der Waals surface area (Å²) in [6, 6.07) is 0. The van der Waals surface area contributed by atoms with E-state index < -0.39 is 10.1 Å². The minimum absolute atomic E-state index is 0.604. The van der Waals surface area contributed by atoms with Crippen LogP contribution in [-0.4, -0.2) is 51.4 Å².